The predicted molar refractivity (Wildman–Crippen MR) is 122 cm³/mol. The Morgan fingerprint density at radius 1 is 0.346 bits per heavy atom. The van der Waals surface area contributed by atoms with Crippen LogP contribution in [0.15, 0.2) is 72.8 Å². The second kappa shape index (κ2) is 9.20. The van der Waals surface area contributed by atoms with Gasteiger partial charge in [-0.3, -0.25) is 0 Å². The summed E-state index contributed by atoms with van der Waals surface area (Å²) >= 11 is 0. The number of hydrogen-bond donors (Lipinski definition) is 0. The third kappa shape index (κ3) is 3.12. The monoisotopic (exact) mass is 342 g/mol. The first-order valence-electron chi connectivity index (χ1n) is 9.98. The summed E-state index contributed by atoms with van der Waals surface area (Å²) in [6, 6.07) is 26.4. The van der Waals surface area contributed by atoms with E-state index in [1.165, 1.54) is 43.1 Å². The molecule has 134 valence electrons. The molecule has 0 bridgehead atoms. The van der Waals surface area contributed by atoms with Crippen LogP contribution in [-0.2, 0) is 0 Å². The lowest BCUT2D eigenvalue weighted by Gasteiger charge is -2.13. The predicted octanol–water partition coefficient (Wildman–Crippen LogP) is 8.82. The van der Waals surface area contributed by atoms with Gasteiger partial charge in [-0.2, -0.15) is 0 Å². The second-order valence-corrected chi connectivity index (χ2v) is 5.42. The van der Waals surface area contributed by atoms with Crippen LogP contribution >= 0.6 is 0 Å². The lowest BCUT2D eigenvalue weighted by atomic mass is 9.90. The largest absolute Gasteiger partial charge is 0.0683 e. The van der Waals surface area contributed by atoms with Gasteiger partial charge < -0.3 is 0 Å². The van der Waals surface area contributed by atoms with E-state index >= 15 is 0 Å². The van der Waals surface area contributed by atoms with E-state index in [4.69, 9.17) is 0 Å². The molecule has 0 heterocycles. The Kier molecular flexibility index (Phi) is 6.97. The molecule has 0 radical (unpaired) electrons. The van der Waals surface area contributed by atoms with E-state index in [2.05, 4.69) is 72.8 Å². The van der Waals surface area contributed by atoms with Crippen molar-refractivity contribution in [3.05, 3.63) is 72.8 Å². The van der Waals surface area contributed by atoms with Crippen molar-refractivity contribution in [3.8, 4) is 0 Å². The quantitative estimate of drug-likeness (QED) is 0.195. The first kappa shape index (κ1) is 19.7. The Hall–Kier alpha value is -2.60. The highest BCUT2D eigenvalue weighted by Crippen LogP contribution is 2.39. The van der Waals surface area contributed by atoms with Crippen LogP contribution in [0.1, 0.15) is 41.5 Å². The Morgan fingerprint density at radius 2 is 0.577 bits per heavy atom. The standard InChI is InChI=1S/C20H12.3C2H6/c1-5-13-6-2-11-17-18-12-4-8-14-7-3-10-16(20(14)18)15(9-1)19(13)17;3*1-2/h1-12H;3*1-2H3. The van der Waals surface area contributed by atoms with Crippen molar-refractivity contribution < 1.29 is 0 Å². The van der Waals surface area contributed by atoms with Crippen LogP contribution in [0, 0.1) is 0 Å². The zero-order valence-corrected chi connectivity index (χ0v) is 16.9. The number of hydrogen-bond acceptors (Lipinski definition) is 0. The summed E-state index contributed by atoms with van der Waals surface area (Å²) in [5.41, 5.74) is 0. The van der Waals surface area contributed by atoms with Gasteiger partial charge >= 0.3 is 0 Å². The van der Waals surface area contributed by atoms with E-state index in [1.807, 2.05) is 41.5 Å². The molecule has 0 fully saturated rings. The molecule has 0 N–H and O–H groups in total. The molecule has 0 saturated carbocycles. The molecular formula is C26H30. The summed E-state index contributed by atoms with van der Waals surface area (Å²) in [7, 11) is 0. The number of benzene rings is 5. The lowest BCUT2D eigenvalue weighted by molar-refractivity contribution is 1.50. The fourth-order valence-corrected chi connectivity index (χ4v) is 3.58. The van der Waals surface area contributed by atoms with E-state index in [-0.39, 0.29) is 0 Å². The third-order valence-electron chi connectivity index (χ3n) is 4.39. The molecule has 0 aliphatic rings. The fourth-order valence-electron chi connectivity index (χ4n) is 3.58. The molecule has 0 amide bonds. The molecule has 0 aromatic heterocycles. The normalized spacial score (nSPS) is 9.92. The third-order valence-corrected chi connectivity index (χ3v) is 4.39. The van der Waals surface area contributed by atoms with Crippen molar-refractivity contribution in [1.82, 2.24) is 0 Å². The Labute approximate surface area is 157 Å². The Morgan fingerprint density at radius 3 is 0.808 bits per heavy atom. The zero-order chi connectivity index (χ0) is 19.1. The van der Waals surface area contributed by atoms with Crippen LogP contribution in [0.2, 0.25) is 0 Å². The molecule has 0 heteroatoms. The first-order chi connectivity index (χ1) is 12.9. The first-order valence-corrected chi connectivity index (χ1v) is 9.98. The molecule has 26 heavy (non-hydrogen) atoms. The minimum Gasteiger partial charge on any atom is -0.0683 e. The van der Waals surface area contributed by atoms with Crippen molar-refractivity contribution in [2.24, 2.45) is 0 Å². The molecule has 0 aliphatic carbocycles. The molecule has 0 atom stereocenters. The van der Waals surface area contributed by atoms with Gasteiger partial charge in [0.15, 0.2) is 0 Å². The van der Waals surface area contributed by atoms with Crippen LogP contribution in [0.5, 0.6) is 0 Å². The van der Waals surface area contributed by atoms with Crippen LogP contribution in [0.3, 0.4) is 0 Å². The summed E-state index contributed by atoms with van der Waals surface area (Å²) in [5, 5.41) is 10.9. The lowest BCUT2D eigenvalue weighted by Crippen LogP contribution is -1.85. The fraction of sp³-hybridized carbons (Fsp3) is 0.231. The van der Waals surface area contributed by atoms with Gasteiger partial charge in [0.1, 0.15) is 0 Å². The van der Waals surface area contributed by atoms with E-state index in [0.29, 0.717) is 0 Å². The Bertz CT molecular complexity index is 917. The molecule has 0 unspecified atom stereocenters. The number of fused-ring (bicyclic) bond motifs is 2. The van der Waals surface area contributed by atoms with Crippen molar-refractivity contribution in [2.75, 3.05) is 0 Å². The van der Waals surface area contributed by atoms with Crippen molar-refractivity contribution in [1.29, 1.82) is 0 Å². The minimum atomic E-state index is 1.33. The molecule has 0 nitrogen and oxygen atoms in total. The van der Waals surface area contributed by atoms with Crippen molar-refractivity contribution in [3.63, 3.8) is 0 Å². The molecule has 0 spiro atoms. The van der Waals surface area contributed by atoms with Gasteiger partial charge in [0.25, 0.3) is 0 Å². The second-order valence-electron chi connectivity index (χ2n) is 5.42. The van der Waals surface area contributed by atoms with Gasteiger partial charge in [-0.15, -0.1) is 0 Å². The highest BCUT2D eigenvalue weighted by molar-refractivity contribution is 6.32. The smallest absolute Gasteiger partial charge is 0.00264 e. The van der Waals surface area contributed by atoms with E-state index in [0.717, 1.165) is 0 Å². The average molecular weight is 343 g/mol. The highest BCUT2D eigenvalue weighted by Gasteiger charge is 2.11. The van der Waals surface area contributed by atoms with Gasteiger partial charge in [-0.1, -0.05) is 114 Å². The van der Waals surface area contributed by atoms with Crippen molar-refractivity contribution in [2.45, 2.75) is 41.5 Å². The number of rotatable bonds is 0. The van der Waals surface area contributed by atoms with Crippen LogP contribution in [-0.4, -0.2) is 0 Å². The maximum absolute atomic E-state index is 2.25. The van der Waals surface area contributed by atoms with E-state index in [1.54, 1.807) is 0 Å². The van der Waals surface area contributed by atoms with E-state index in [9.17, 15) is 0 Å². The maximum atomic E-state index is 2.25. The van der Waals surface area contributed by atoms with Crippen LogP contribution < -0.4 is 0 Å². The molecule has 5 rings (SSSR count). The summed E-state index contributed by atoms with van der Waals surface area (Å²) in [4.78, 5) is 0. The highest BCUT2D eigenvalue weighted by atomic mass is 14.1. The van der Waals surface area contributed by atoms with Gasteiger partial charge in [-0.25, -0.2) is 0 Å². The van der Waals surface area contributed by atoms with Gasteiger partial charge in [-0.05, 0) is 43.1 Å². The zero-order valence-electron chi connectivity index (χ0n) is 16.9. The average Bonchev–Trinajstić information content (AvgIpc) is 2.76. The summed E-state index contributed by atoms with van der Waals surface area (Å²) < 4.78 is 0. The van der Waals surface area contributed by atoms with Gasteiger partial charge in [0.05, 0.1) is 0 Å². The molecule has 5 aromatic carbocycles. The van der Waals surface area contributed by atoms with Crippen LogP contribution in [0.25, 0.3) is 43.1 Å². The molecule has 0 saturated heterocycles. The van der Waals surface area contributed by atoms with Gasteiger partial charge in [0, 0.05) is 0 Å². The topological polar surface area (TPSA) is 0 Å². The van der Waals surface area contributed by atoms with Crippen LogP contribution in [0.4, 0.5) is 0 Å². The Balaban J connectivity index is 0.000000371. The van der Waals surface area contributed by atoms with Crippen molar-refractivity contribution >= 4 is 43.1 Å². The maximum Gasteiger partial charge on any atom is -0.00264 e. The molecule has 0 aliphatic heterocycles. The molecule has 5 aromatic rings. The van der Waals surface area contributed by atoms with E-state index < -0.39 is 0 Å². The van der Waals surface area contributed by atoms with Gasteiger partial charge in [0.2, 0.25) is 0 Å². The minimum absolute atomic E-state index is 1.33. The summed E-state index contributed by atoms with van der Waals surface area (Å²) in [5.74, 6) is 0. The molecular weight excluding hydrogens is 312 g/mol. The SMILES string of the molecule is CC.CC.CC.c1cc2cccc3c4cccc5cccc(c(c1)c23)c54. The summed E-state index contributed by atoms with van der Waals surface area (Å²) in [6.45, 7) is 12.0. The summed E-state index contributed by atoms with van der Waals surface area (Å²) in [6.07, 6.45) is 0.